The number of aliphatic hydroxyl groups is 1. The first kappa shape index (κ1) is 28.4. The first-order valence-corrected chi connectivity index (χ1v) is 13.9. The third-order valence-electron chi connectivity index (χ3n) is 7.17. The zero-order chi connectivity index (χ0) is 22.5. The minimum atomic E-state index is 0.281. The lowest BCUT2D eigenvalue weighted by atomic mass is 10.0. The molecule has 0 radical (unpaired) electrons. The van der Waals surface area contributed by atoms with Crippen LogP contribution in [0.5, 0.6) is 0 Å². The smallest absolute Gasteiger partial charge is 0.198 e. The van der Waals surface area contributed by atoms with Crippen LogP contribution in [-0.2, 0) is 0 Å². The number of nitrogens with zero attached hydrogens (tertiary/aromatic N) is 2. The molecule has 1 rings (SSSR count). The Morgan fingerprint density at radius 2 is 1.26 bits per heavy atom. The molecule has 0 aromatic heterocycles. The molecule has 0 aromatic rings. The van der Waals surface area contributed by atoms with Crippen LogP contribution < -0.4 is 0 Å². The van der Waals surface area contributed by atoms with Crippen molar-refractivity contribution >= 4 is 5.84 Å². The Morgan fingerprint density at radius 1 is 0.742 bits per heavy atom. The number of aliphatic imine (C=N–C) groups is 1. The Hall–Kier alpha value is -0.670. The Bertz CT molecular complexity index is 460. The Morgan fingerprint density at radius 3 is 1.77 bits per heavy atom. The fraction of sp³-hybridized carbons (Fsp3) is 0.893. The van der Waals surface area contributed by atoms with Gasteiger partial charge in [0.05, 0.1) is 19.7 Å². The summed E-state index contributed by atoms with van der Waals surface area (Å²) in [5.74, 6) is 1.36. The van der Waals surface area contributed by atoms with Crippen LogP contribution in [0.3, 0.4) is 0 Å². The maximum atomic E-state index is 9.40. The van der Waals surface area contributed by atoms with Gasteiger partial charge in [-0.05, 0) is 32.6 Å². The number of aliphatic hydroxyl groups excluding tert-OH is 1. The van der Waals surface area contributed by atoms with E-state index in [2.05, 4.69) is 26.0 Å². The number of hydrogen-bond acceptors (Lipinski definition) is 2. The van der Waals surface area contributed by atoms with E-state index in [1.165, 1.54) is 115 Å². The van der Waals surface area contributed by atoms with Crippen molar-refractivity contribution < 1.29 is 9.59 Å². The average Bonchev–Trinajstić information content (AvgIpc) is 3.18. The maximum Gasteiger partial charge on any atom is 0.198 e. The second-order valence-electron chi connectivity index (χ2n) is 9.68. The summed E-state index contributed by atoms with van der Waals surface area (Å²) in [5.41, 5.74) is 0. The molecule has 0 amide bonds. The predicted octanol–water partition coefficient (Wildman–Crippen LogP) is 7.83. The van der Waals surface area contributed by atoms with Gasteiger partial charge in [0.2, 0.25) is 0 Å². The predicted molar refractivity (Wildman–Crippen MR) is 138 cm³/mol. The molecular formula is C28H55N2O+. The zero-order valence-electron chi connectivity index (χ0n) is 21.3. The van der Waals surface area contributed by atoms with E-state index in [4.69, 9.17) is 4.99 Å². The summed E-state index contributed by atoms with van der Waals surface area (Å²) >= 11 is 0. The van der Waals surface area contributed by atoms with Crippen LogP contribution in [0.15, 0.2) is 17.1 Å². The Kier molecular flexibility index (Phi) is 18.3. The number of rotatable bonds is 22. The van der Waals surface area contributed by atoms with Crippen LogP contribution in [0.4, 0.5) is 0 Å². The molecule has 0 fully saturated rings. The number of hydrogen-bond donors (Lipinski definition) is 1. The molecule has 1 unspecified atom stereocenters. The molecule has 1 N–H and O–H groups in total. The van der Waals surface area contributed by atoms with Crippen LogP contribution in [0.1, 0.15) is 129 Å². The fourth-order valence-electron chi connectivity index (χ4n) is 4.94. The van der Waals surface area contributed by atoms with Crippen molar-refractivity contribution in [2.75, 3.05) is 32.8 Å². The number of unbranched alkanes of at least 4 members (excludes halogenated alkanes) is 15. The van der Waals surface area contributed by atoms with Crippen LogP contribution in [-0.4, -0.2) is 48.2 Å². The minimum absolute atomic E-state index is 0.281. The van der Waals surface area contributed by atoms with E-state index in [1.807, 2.05) is 0 Å². The van der Waals surface area contributed by atoms with Gasteiger partial charge < -0.3 is 5.11 Å². The second kappa shape index (κ2) is 20.0. The number of quaternary nitrogens is 1. The van der Waals surface area contributed by atoms with Crippen molar-refractivity contribution in [3.63, 3.8) is 0 Å². The van der Waals surface area contributed by atoms with Crippen LogP contribution >= 0.6 is 0 Å². The number of amidine groups is 1. The van der Waals surface area contributed by atoms with E-state index in [-0.39, 0.29) is 6.61 Å². The SMILES string of the molecule is CCCC/C=C/CCCCCCCCCCCCCCCC1=NCC[N+]1(CC)CCO. The van der Waals surface area contributed by atoms with Gasteiger partial charge in [-0.25, -0.2) is 4.99 Å². The fourth-order valence-corrected chi connectivity index (χ4v) is 4.94. The van der Waals surface area contributed by atoms with Gasteiger partial charge in [-0.3, -0.25) is 4.48 Å². The second-order valence-corrected chi connectivity index (χ2v) is 9.68. The highest BCUT2D eigenvalue weighted by molar-refractivity contribution is 5.76. The van der Waals surface area contributed by atoms with Gasteiger partial charge in [0.25, 0.3) is 0 Å². The molecule has 1 aliphatic rings. The van der Waals surface area contributed by atoms with Crippen molar-refractivity contribution in [1.82, 2.24) is 0 Å². The monoisotopic (exact) mass is 435 g/mol. The molecule has 3 nitrogen and oxygen atoms in total. The average molecular weight is 436 g/mol. The first-order valence-electron chi connectivity index (χ1n) is 13.9. The summed E-state index contributed by atoms with van der Waals surface area (Å²) in [6.07, 6.45) is 29.4. The van der Waals surface area contributed by atoms with E-state index < -0.39 is 0 Å². The highest BCUT2D eigenvalue weighted by Crippen LogP contribution is 2.20. The normalized spacial score (nSPS) is 18.9. The van der Waals surface area contributed by atoms with Gasteiger partial charge in [0, 0.05) is 6.42 Å². The molecule has 182 valence electrons. The first-order chi connectivity index (χ1) is 15.3. The van der Waals surface area contributed by atoms with Gasteiger partial charge in [0.15, 0.2) is 5.84 Å². The van der Waals surface area contributed by atoms with Gasteiger partial charge in [-0.2, -0.15) is 0 Å². The molecule has 1 heterocycles. The van der Waals surface area contributed by atoms with Crippen LogP contribution in [0.25, 0.3) is 0 Å². The number of likely N-dealkylation sites (N-methyl/N-ethyl adjacent to an activating group) is 1. The molecule has 1 aliphatic heterocycles. The standard InChI is InChI=1S/C28H55N2O/c1-3-5-6-7-8-9-10-11-12-13-14-15-16-17-18-19-20-21-22-23-28-29-24-25-30(28,4-2)26-27-31/h7-8,31H,3-6,9-27H2,1-2H3/q+1/b8-7+. The third-order valence-corrected chi connectivity index (χ3v) is 7.17. The molecular weight excluding hydrogens is 380 g/mol. The summed E-state index contributed by atoms with van der Waals surface area (Å²) in [4.78, 5) is 4.77. The van der Waals surface area contributed by atoms with E-state index in [0.717, 1.165) is 37.1 Å². The molecule has 0 aromatic carbocycles. The molecule has 0 spiro atoms. The summed E-state index contributed by atoms with van der Waals surface area (Å²) < 4.78 is 0.951. The molecule has 1 atom stereocenters. The van der Waals surface area contributed by atoms with E-state index in [1.54, 1.807) is 0 Å². The quantitative estimate of drug-likeness (QED) is 0.105. The lowest BCUT2D eigenvalue weighted by Gasteiger charge is -2.33. The maximum absolute atomic E-state index is 9.40. The molecule has 0 saturated heterocycles. The topological polar surface area (TPSA) is 32.6 Å². The van der Waals surface area contributed by atoms with E-state index >= 15 is 0 Å². The summed E-state index contributed by atoms with van der Waals surface area (Å²) in [6.45, 7) is 8.78. The number of allylic oxidation sites excluding steroid dienone is 2. The summed E-state index contributed by atoms with van der Waals surface area (Å²) in [6, 6.07) is 0. The van der Waals surface area contributed by atoms with Gasteiger partial charge in [-0.1, -0.05) is 103 Å². The molecule has 0 saturated carbocycles. The Balaban J connectivity index is 1.82. The molecule has 3 heteroatoms. The van der Waals surface area contributed by atoms with Gasteiger partial charge in [0.1, 0.15) is 13.1 Å². The van der Waals surface area contributed by atoms with E-state index in [9.17, 15) is 5.11 Å². The van der Waals surface area contributed by atoms with Crippen molar-refractivity contribution in [3.05, 3.63) is 12.2 Å². The van der Waals surface area contributed by atoms with Crippen molar-refractivity contribution in [2.45, 2.75) is 129 Å². The van der Waals surface area contributed by atoms with Gasteiger partial charge in [-0.15, -0.1) is 0 Å². The van der Waals surface area contributed by atoms with Crippen molar-refractivity contribution in [3.8, 4) is 0 Å². The molecule has 31 heavy (non-hydrogen) atoms. The van der Waals surface area contributed by atoms with Crippen molar-refractivity contribution in [1.29, 1.82) is 0 Å². The lowest BCUT2D eigenvalue weighted by molar-refractivity contribution is -0.835. The molecule has 0 bridgehead atoms. The highest BCUT2D eigenvalue weighted by Gasteiger charge is 2.35. The largest absolute Gasteiger partial charge is 0.390 e. The van der Waals surface area contributed by atoms with Crippen LogP contribution in [0.2, 0.25) is 0 Å². The lowest BCUT2D eigenvalue weighted by Crippen LogP contribution is -2.52. The van der Waals surface area contributed by atoms with Gasteiger partial charge >= 0.3 is 0 Å². The Labute approximate surface area is 195 Å². The third kappa shape index (κ3) is 13.5. The summed E-state index contributed by atoms with van der Waals surface area (Å²) in [7, 11) is 0. The minimum Gasteiger partial charge on any atom is -0.390 e. The summed E-state index contributed by atoms with van der Waals surface area (Å²) in [5, 5.41) is 9.40. The zero-order valence-corrected chi connectivity index (χ0v) is 21.3. The molecule has 0 aliphatic carbocycles. The highest BCUT2D eigenvalue weighted by atomic mass is 16.3. The van der Waals surface area contributed by atoms with Crippen molar-refractivity contribution in [2.24, 2.45) is 4.99 Å². The van der Waals surface area contributed by atoms with E-state index in [0.29, 0.717) is 0 Å². The van der Waals surface area contributed by atoms with Crippen LogP contribution in [0, 0.1) is 0 Å².